The second kappa shape index (κ2) is 9.09. The van der Waals surface area contributed by atoms with Gasteiger partial charge in [0.1, 0.15) is 19.1 Å². The van der Waals surface area contributed by atoms with Crippen LogP contribution in [0.2, 0.25) is 5.02 Å². The van der Waals surface area contributed by atoms with Gasteiger partial charge in [-0.25, -0.2) is 8.78 Å². The summed E-state index contributed by atoms with van der Waals surface area (Å²) >= 11 is 5.81. The number of aliphatic imine (C=N–C) groups is 1. The van der Waals surface area contributed by atoms with Gasteiger partial charge in [-0.1, -0.05) is 54.1 Å². The second-order valence-electron chi connectivity index (χ2n) is 6.94. The number of hydrogen-bond acceptors (Lipinski definition) is 3. The summed E-state index contributed by atoms with van der Waals surface area (Å²) in [5.41, 5.74) is 2.89. The Labute approximate surface area is 178 Å². The first-order valence-electron chi connectivity index (χ1n) is 9.45. The van der Waals surface area contributed by atoms with Gasteiger partial charge in [0.05, 0.1) is 0 Å². The van der Waals surface area contributed by atoms with Crippen LogP contribution in [0.3, 0.4) is 0 Å². The molecule has 1 heterocycles. The lowest BCUT2D eigenvalue weighted by Crippen LogP contribution is -2.21. The van der Waals surface area contributed by atoms with E-state index in [1.807, 2.05) is 41.4 Å². The van der Waals surface area contributed by atoms with E-state index in [2.05, 4.69) is 4.99 Å². The minimum atomic E-state index is -0.446. The molecule has 0 saturated heterocycles. The Morgan fingerprint density at radius 3 is 2.57 bits per heavy atom. The monoisotopic (exact) mass is 424 g/mol. The normalized spacial score (nSPS) is 13.3. The maximum Gasteiger partial charge on any atom is 0.165 e. The van der Waals surface area contributed by atoms with Crippen molar-refractivity contribution >= 4 is 23.4 Å². The van der Waals surface area contributed by atoms with Crippen molar-refractivity contribution in [1.29, 1.82) is 0 Å². The van der Waals surface area contributed by atoms with Crippen LogP contribution in [0.15, 0.2) is 77.9 Å². The van der Waals surface area contributed by atoms with Gasteiger partial charge in [0.25, 0.3) is 0 Å². The van der Waals surface area contributed by atoms with Crippen molar-refractivity contribution in [2.45, 2.75) is 13.2 Å². The van der Waals surface area contributed by atoms with Gasteiger partial charge in [-0.3, -0.25) is 4.99 Å². The van der Waals surface area contributed by atoms with Crippen LogP contribution in [0.5, 0.6) is 5.75 Å². The van der Waals surface area contributed by atoms with E-state index in [4.69, 9.17) is 16.3 Å². The smallest absolute Gasteiger partial charge is 0.165 e. The van der Waals surface area contributed by atoms with E-state index in [0.29, 0.717) is 36.0 Å². The van der Waals surface area contributed by atoms with E-state index in [9.17, 15) is 8.78 Å². The predicted octanol–water partition coefficient (Wildman–Crippen LogP) is 6.08. The van der Waals surface area contributed by atoms with E-state index >= 15 is 0 Å². The van der Waals surface area contributed by atoms with Crippen LogP contribution in [0.1, 0.15) is 16.7 Å². The molecule has 3 aromatic carbocycles. The zero-order chi connectivity index (χ0) is 20.9. The number of rotatable bonds is 6. The van der Waals surface area contributed by atoms with E-state index < -0.39 is 5.82 Å². The Morgan fingerprint density at radius 1 is 0.967 bits per heavy atom. The standard InChI is InChI=1S/C24H19ClF2N2O/c25-21-8-6-19(22(26)11-21)13-29-14-20(12-28-16-29)18-7-9-24(23(27)10-18)30-15-17-4-2-1-3-5-17/h1-12,14H,13,15-16H2. The largest absolute Gasteiger partial charge is 0.486 e. The van der Waals surface area contributed by atoms with Crippen LogP contribution in [0, 0.1) is 11.6 Å². The van der Waals surface area contributed by atoms with Gasteiger partial charge < -0.3 is 9.64 Å². The molecular weight excluding hydrogens is 406 g/mol. The van der Waals surface area contributed by atoms with Gasteiger partial charge in [-0.15, -0.1) is 0 Å². The number of ether oxygens (including phenoxy) is 1. The highest BCUT2D eigenvalue weighted by Gasteiger charge is 2.13. The van der Waals surface area contributed by atoms with E-state index in [1.165, 1.54) is 12.1 Å². The fourth-order valence-corrected chi connectivity index (χ4v) is 3.32. The number of benzene rings is 3. The minimum Gasteiger partial charge on any atom is -0.486 e. The van der Waals surface area contributed by atoms with Crippen LogP contribution < -0.4 is 4.74 Å². The van der Waals surface area contributed by atoms with Crippen LogP contribution in [0.4, 0.5) is 8.78 Å². The van der Waals surface area contributed by atoms with E-state index in [-0.39, 0.29) is 11.6 Å². The molecule has 0 bridgehead atoms. The third-order valence-electron chi connectivity index (χ3n) is 4.71. The number of allylic oxidation sites excluding steroid dienone is 1. The Kier molecular flexibility index (Phi) is 6.10. The first kappa shape index (κ1) is 20.1. The summed E-state index contributed by atoms with van der Waals surface area (Å²) in [6, 6.07) is 19.0. The van der Waals surface area contributed by atoms with Crippen LogP contribution >= 0.6 is 11.6 Å². The Morgan fingerprint density at radius 2 is 1.80 bits per heavy atom. The fraction of sp³-hybridized carbons (Fsp3) is 0.125. The highest BCUT2D eigenvalue weighted by atomic mass is 35.5. The molecule has 3 nitrogen and oxygen atoms in total. The molecule has 0 radical (unpaired) electrons. The molecule has 1 aliphatic rings. The van der Waals surface area contributed by atoms with Gasteiger partial charge in [-0.2, -0.15) is 0 Å². The van der Waals surface area contributed by atoms with Gasteiger partial charge in [0, 0.05) is 35.1 Å². The summed E-state index contributed by atoms with van der Waals surface area (Å²) in [7, 11) is 0. The maximum absolute atomic E-state index is 14.6. The molecule has 6 heteroatoms. The van der Waals surface area contributed by atoms with Crippen molar-refractivity contribution in [3.8, 4) is 5.75 Å². The van der Waals surface area contributed by atoms with Crippen LogP contribution in [-0.4, -0.2) is 17.8 Å². The SMILES string of the molecule is Fc1cc(Cl)ccc1CN1C=C(c2ccc(OCc3ccccc3)c(F)c2)C=NC1. The summed E-state index contributed by atoms with van der Waals surface area (Å²) in [5.74, 6) is -0.618. The topological polar surface area (TPSA) is 24.8 Å². The average Bonchev–Trinajstić information content (AvgIpc) is 2.76. The molecule has 3 aromatic rings. The molecule has 0 spiro atoms. The zero-order valence-corrected chi connectivity index (χ0v) is 16.8. The Bertz CT molecular complexity index is 1100. The van der Waals surface area contributed by atoms with Crippen LogP contribution in [-0.2, 0) is 13.2 Å². The van der Waals surface area contributed by atoms with Gasteiger partial charge >= 0.3 is 0 Å². The highest BCUT2D eigenvalue weighted by molar-refractivity contribution is 6.30. The molecule has 0 amide bonds. The fourth-order valence-electron chi connectivity index (χ4n) is 3.16. The number of nitrogens with zero attached hydrogens (tertiary/aromatic N) is 2. The second-order valence-corrected chi connectivity index (χ2v) is 7.38. The molecule has 4 rings (SSSR count). The molecule has 152 valence electrons. The zero-order valence-electron chi connectivity index (χ0n) is 16.1. The van der Waals surface area contributed by atoms with Crippen molar-refractivity contribution in [3.63, 3.8) is 0 Å². The van der Waals surface area contributed by atoms with Gasteiger partial charge in [-0.05, 0) is 35.4 Å². The summed E-state index contributed by atoms with van der Waals surface area (Å²) in [5, 5.41) is 0.356. The summed E-state index contributed by atoms with van der Waals surface area (Å²) in [6.07, 6.45) is 3.54. The summed E-state index contributed by atoms with van der Waals surface area (Å²) < 4.78 is 34.3. The lowest BCUT2D eigenvalue weighted by molar-refractivity contribution is 0.290. The first-order chi connectivity index (χ1) is 14.6. The molecule has 30 heavy (non-hydrogen) atoms. The molecular formula is C24H19ClF2N2O. The predicted molar refractivity (Wildman–Crippen MR) is 115 cm³/mol. The molecule has 0 aliphatic carbocycles. The molecule has 0 unspecified atom stereocenters. The highest BCUT2D eigenvalue weighted by Crippen LogP contribution is 2.25. The Hall–Kier alpha value is -3.18. The van der Waals surface area contributed by atoms with Crippen molar-refractivity contribution in [3.05, 3.63) is 106 Å². The van der Waals surface area contributed by atoms with E-state index in [1.54, 1.807) is 30.5 Å². The quantitative estimate of drug-likeness (QED) is 0.479. The maximum atomic E-state index is 14.6. The third-order valence-corrected chi connectivity index (χ3v) is 4.94. The molecule has 0 atom stereocenters. The molecule has 0 saturated carbocycles. The number of hydrogen-bond donors (Lipinski definition) is 0. The molecule has 0 aromatic heterocycles. The number of halogens is 3. The minimum absolute atomic E-state index is 0.191. The average molecular weight is 425 g/mol. The first-order valence-corrected chi connectivity index (χ1v) is 9.82. The summed E-state index contributed by atoms with van der Waals surface area (Å²) in [4.78, 5) is 6.18. The van der Waals surface area contributed by atoms with Crippen molar-refractivity contribution in [2.75, 3.05) is 6.67 Å². The lowest BCUT2D eigenvalue weighted by Gasteiger charge is -2.23. The van der Waals surface area contributed by atoms with Gasteiger partial charge in [0.2, 0.25) is 0 Å². The molecule has 0 N–H and O–H groups in total. The van der Waals surface area contributed by atoms with Crippen molar-refractivity contribution in [1.82, 2.24) is 4.90 Å². The summed E-state index contributed by atoms with van der Waals surface area (Å²) in [6.45, 7) is 1.03. The van der Waals surface area contributed by atoms with Gasteiger partial charge in [0.15, 0.2) is 11.6 Å². The third kappa shape index (κ3) is 4.86. The van der Waals surface area contributed by atoms with Crippen LogP contribution in [0.25, 0.3) is 5.57 Å². The molecule has 1 aliphatic heterocycles. The van der Waals surface area contributed by atoms with E-state index in [0.717, 1.165) is 11.1 Å². The van der Waals surface area contributed by atoms with Crippen molar-refractivity contribution in [2.24, 2.45) is 4.99 Å². The van der Waals surface area contributed by atoms with Crippen molar-refractivity contribution < 1.29 is 13.5 Å². The molecule has 0 fully saturated rings. The lowest BCUT2D eigenvalue weighted by atomic mass is 10.1. The Balaban J connectivity index is 1.47.